The molecule has 1 aliphatic rings. The Morgan fingerprint density at radius 2 is 2.15 bits per heavy atom. The Balaban J connectivity index is 1.60. The fraction of sp³-hybridized carbons (Fsp3) is 0.368. The molecule has 0 saturated heterocycles. The van der Waals surface area contributed by atoms with Crippen molar-refractivity contribution in [3.05, 3.63) is 52.7 Å². The molecular formula is C19H23N7. The van der Waals surface area contributed by atoms with Crippen molar-refractivity contribution in [2.75, 3.05) is 18.4 Å². The van der Waals surface area contributed by atoms with E-state index in [1.165, 1.54) is 11.1 Å². The normalized spacial score (nSPS) is 13.5. The van der Waals surface area contributed by atoms with Crippen molar-refractivity contribution in [1.29, 1.82) is 0 Å². The summed E-state index contributed by atoms with van der Waals surface area (Å²) in [6.07, 6.45) is 5.42. The van der Waals surface area contributed by atoms with Crippen molar-refractivity contribution in [2.45, 2.75) is 33.2 Å². The molecule has 1 aliphatic heterocycles. The van der Waals surface area contributed by atoms with Gasteiger partial charge in [-0.1, -0.05) is 0 Å². The van der Waals surface area contributed by atoms with Crippen LogP contribution in [0.4, 0.5) is 5.82 Å². The monoisotopic (exact) mass is 349 g/mol. The first-order valence-electron chi connectivity index (χ1n) is 8.97. The first-order valence-corrected chi connectivity index (χ1v) is 8.97. The molecule has 0 radical (unpaired) electrons. The van der Waals surface area contributed by atoms with E-state index in [2.05, 4.69) is 32.7 Å². The number of aromatic nitrogens is 5. The second-order valence-electron chi connectivity index (χ2n) is 6.58. The molecular weight excluding hydrogens is 326 g/mol. The summed E-state index contributed by atoms with van der Waals surface area (Å²) < 4.78 is 0. The molecule has 0 unspecified atom stereocenters. The predicted octanol–water partition coefficient (Wildman–Crippen LogP) is 2.18. The Kier molecular flexibility index (Phi) is 4.62. The third-order valence-electron chi connectivity index (χ3n) is 4.80. The smallest absolute Gasteiger partial charge is 0.163 e. The minimum atomic E-state index is 0.721. The van der Waals surface area contributed by atoms with Crippen molar-refractivity contribution < 1.29 is 0 Å². The number of nitrogens with one attached hydrogen (secondary N) is 3. The van der Waals surface area contributed by atoms with E-state index in [1.807, 2.05) is 19.1 Å². The Hall–Kier alpha value is -2.80. The van der Waals surface area contributed by atoms with Gasteiger partial charge in [0.1, 0.15) is 5.82 Å². The van der Waals surface area contributed by atoms with Crippen LogP contribution in [0, 0.1) is 13.8 Å². The van der Waals surface area contributed by atoms with Crippen LogP contribution in [-0.4, -0.2) is 38.2 Å². The predicted molar refractivity (Wildman–Crippen MR) is 101 cm³/mol. The molecule has 0 atom stereocenters. The first kappa shape index (κ1) is 16.7. The fourth-order valence-corrected chi connectivity index (χ4v) is 3.38. The second kappa shape index (κ2) is 7.21. The molecule has 3 aromatic heterocycles. The third kappa shape index (κ3) is 3.30. The standard InChI is InChI=1S/C19H23N7/c1-12-15(13(2)26-25-12)6-9-22-19-16-5-8-21-11-17(16)23-18(24-19)14-4-3-7-20-10-14/h3-4,7,10,21H,5-6,8-9,11H2,1-2H3,(H,25,26)(H,22,23,24). The van der Waals surface area contributed by atoms with Crippen LogP contribution in [0.1, 0.15) is 28.2 Å². The van der Waals surface area contributed by atoms with Gasteiger partial charge >= 0.3 is 0 Å². The van der Waals surface area contributed by atoms with Gasteiger partial charge < -0.3 is 10.6 Å². The summed E-state index contributed by atoms with van der Waals surface area (Å²) in [4.78, 5) is 13.8. The maximum Gasteiger partial charge on any atom is 0.163 e. The van der Waals surface area contributed by atoms with Crippen LogP contribution in [0.2, 0.25) is 0 Å². The minimum absolute atomic E-state index is 0.721. The highest BCUT2D eigenvalue weighted by molar-refractivity contribution is 5.59. The lowest BCUT2D eigenvalue weighted by Crippen LogP contribution is -2.27. The molecule has 7 nitrogen and oxygen atoms in total. The molecule has 134 valence electrons. The number of anilines is 1. The van der Waals surface area contributed by atoms with E-state index in [9.17, 15) is 0 Å². The second-order valence-corrected chi connectivity index (χ2v) is 6.58. The highest BCUT2D eigenvalue weighted by Crippen LogP contribution is 2.24. The van der Waals surface area contributed by atoms with Crippen molar-refractivity contribution in [2.24, 2.45) is 0 Å². The SMILES string of the molecule is Cc1n[nH]c(C)c1CCNc1nc(-c2cccnc2)nc2c1CCNC2. The Morgan fingerprint density at radius 1 is 1.23 bits per heavy atom. The number of H-pyrrole nitrogens is 1. The van der Waals surface area contributed by atoms with E-state index in [0.717, 1.165) is 66.8 Å². The van der Waals surface area contributed by atoms with Crippen LogP contribution in [0.15, 0.2) is 24.5 Å². The number of pyridine rings is 1. The summed E-state index contributed by atoms with van der Waals surface area (Å²) >= 11 is 0. The molecule has 0 aliphatic carbocycles. The first-order chi connectivity index (χ1) is 12.7. The zero-order valence-corrected chi connectivity index (χ0v) is 15.1. The molecule has 0 amide bonds. The number of fused-ring (bicyclic) bond motifs is 1. The van der Waals surface area contributed by atoms with Crippen molar-refractivity contribution in [3.63, 3.8) is 0 Å². The summed E-state index contributed by atoms with van der Waals surface area (Å²) in [6, 6.07) is 3.90. The van der Waals surface area contributed by atoms with Gasteiger partial charge in [-0.3, -0.25) is 10.1 Å². The number of hydrogen-bond donors (Lipinski definition) is 3. The molecule has 4 heterocycles. The molecule has 3 aromatic rings. The molecule has 0 bridgehead atoms. The van der Waals surface area contributed by atoms with Gasteiger partial charge in [-0.25, -0.2) is 9.97 Å². The molecule has 4 rings (SSSR count). The summed E-state index contributed by atoms with van der Waals surface area (Å²) in [5, 5.41) is 14.2. The van der Waals surface area contributed by atoms with E-state index in [-0.39, 0.29) is 0 Å². The van der Waals surface area contributed by atoms with Gasteiger partial charge in [-0.2, -0.15) is 5.10 Å². The maximum atomic E-state index is 4.81. The lowest BCUT2D eigenvalue weighted by atomic mass is 10.1. The number of nitrogens with zero attached hydrogens (tertiary/aromatic N) is 4. The molecule has 0 aromatic carbocycles. The lowest BCUT2D eigenvalue weighted by Gasteiger charge is -2.20. The topological polar surface area (TPSA) is 91.4 Å². The maximum absolute atomic E-state index is 4.81. The summed E-state index contributed by atoms with van der Waals surface area (Å²) in [7, 11) is 0. The van der Waals surface area contributed by atoms with Crippen molar-refractivity contribution >= 4 is 5.82 Å². The number of rotatable bonds is 5. The number of aryl methyl sites for hydroxylation is 2. The van der Waals surface area contributed by atoms with Crippen LogP contribution >= 0.6 is 0 Å². The van der Waals surface area contributed by atoms with E-state index in [1.54, 1.807) is 12.4 Å². The molecule has 3 N–H and O–H groups in total. The fourth-order valence-electron chi connectivity index (χ4n) is 3.38. The van der Waals surface area contributed by atoms with Gasteiger partial charge in [0.15, 0.2) is 5.82 Å². The van der Waals surface area contributed by atoms with Crippen molar-refractivity contribution in [1.82, 2.24) is 30.5 Å². The molecule has 0 fully saturated rings. The van der Waals surface area contributed by atoms with Crippen LogP contribution in [-0.2, 0) is 19.4 Å². The molecule has 26 heavy (non-hydrogen) atoms. The average molecular weight is 349 g/mol. The van der Waals surface area contributed by atoms with Gasteiger partial charge in [-0.15, -0.1) is 0 Å². The van der Waals surface area contributed by atoms with Gasteiger partial charge in [0.2, 0.25) is 0 Å². The van der Waals surface area contributed by atoms with Gasteiger partial charge in [0.25, 0.3) is 0 Å². The summed E-state index contributed by atoms with van der Waals surface area (Å²) in [5.74, 6) is 1.66. The summed E-state index contributed by atoms with van der Waals surface area (Å²) in [5.41, 5.74) is 6.70. The largest absolute Gasteiger partial charge is 0.369 e. The number of aromatic amines is 1. The van der Waals surface area contributed by atoms with Crippen molar-refractivity contribution in [3.8, 4) is 11.4 Å². The number of hydrogen-bond acceptors (Lipinski definition) is 6. The summed E-state index contributed by atoms with van der Waals surface area (Å²) in [6.45, 7) is 6.65. The zero-order chi connectivity index (χ0) is 17.9. The van der Waals surface area contributed by atoms with Crippen LogP contribution in [0.25, 0.3) is 11.4 Å². The van der Waals surface area contributed by atoms with Gasteiger partial charge in [0.05, 0.1) is 11.4 Å². The van der Waals surface area contributed by atoms with Gasteiger partial charge in [0, 0.05) is 42.3 Å². The van der Waals surface area contributed by atoms with Crippen LogP contribution < -0.4 is 10.6 Å². The van der Waals surface area contributed by atoms with Gasteiger partial charge in [-0.05, 0) is 50.9 Å². The molecule has 0 spiro atoms. The quantitative estimate of drug-likeness (QED) is 0.654. The van der Waals surface area contributed by atoms with E-state index < -0.39 is 0 Å². The van der Waals surface area contributed by atoms with E-state index in [0.29, 0.717) is 0 Å². The zero-order valence-electron chi connectivity index (χ0n) is 15.1. The third-order valence-corrected chi connectivity index (χ3v) is 4.80. The highest BCUT2D eigenvalue weighted by atomic mass is 15.1. The van der Waals surface area contributed by atoms with Crippen LogP contribution in [0.3, 0.4) is 0 Å². The van der Waals surface area contributed by atoms with Crippen LogP contribution in [0.5, 0.6) is 0 Å². The Bertz CT molecular complexity index is 882. The molecule has 7 heteroatoms. The Morgan fingerprint density at radius 3 is 2.92 bits per heavy atom. The Labute approximate surface area is 152 Å². The lowest BCUT2D eigenvalue weighted by molar-refractivity contribution is 0.625. The van der Waals surface area contributed by atoms with E-state index >= 15 is 0 Å². The minimum Gasteiger partial charge on any atom is -0.369 e. The highest BCUT2D eigenvalue weighted by Gasteiger charge is 2.18. The molecule has 0 saturated carbocycles. The van der Waals surface area contributed by atoms with E-state index in [4.69, 9.17) is 9.97 Å². The average Bonchev–Trinajstić information content (AvgIpc) is 3.00.